The Hall–Kier alpha value is -0.160. The van der Waals surface area contributed by atoms with E-state index in [-0.39, 0.29) is 24.2 Å². The topological polar surface area (TPSA) is 58.9 Å². The Labute approximate surface area is 97.6 Å². The quantitative estimate of drug-likeness (QED) is 0.757. The van der Waals surface area contributed by atoms with Crippen molar-refractivity contribution >= 4 is 0 Å². The third-order valence-corrected chi connectivity index (χ3v) is 3.20. The molecular weight excluding hydrogens is 208 g/mol. The molecule has 1 rings (SSSR count). The Bertz CT molecular complexity index is 205. The van der Waals surface area contributed by atoms with E-state index in [9.17, 15) is 10.2 Å². The molecule has 0 spiro atoms. The lowest BCUT2D eigenvalue weighted by molar-refractivity contribution is -0.210. The third kappa shape index (κ3) is 3.17. The monoisotopic (exact) mass is 232 g/mol. The van der Waals surface area contributed by atoms with E-state index in [1.54, 1.807) is 0 Å². The molecule has 0 aliphatic carbocycles. The molecule has 0 radical (unpaired) electrons. The summed E-state index contributed by atoms with van der Waals surface area (Å²) >= 11 is 0. The molecule has 0 saturated carbocycles. The highest BCUT2D eigenvalue weighted by molar-refractivity contribution is 4.89. The van der Waals surface area contributed by atoms with Gasteiger partial charge in [0.2, 0.25) is 0 Å². The maximum Gasteiger partial charge on any atom is 0.106 e. The second-order valence-electron chi connectivity index (χ2n) is 4.84. The van der Waals surface area contributed by atoms with Crippen molar-refractivity contribution in [1.82, 2.24) is 0 Å². The molecule has 1 heterocycles. The molecule has 0 aromatic rings. The van der Waals surface area contributed by atoms with Crippen LogP contribution in [0.15, 0.2) is 0 Å². The van der Waals surface area contributed by atoms with E-state index < -0.39 is 12.2 Å². The molecule has 0 aromatic heterocycles. The van der Waals surface area contributed by atoms with Gasteiger partial charge in [-0.3, -0.25) is 0 Å². The fourth-order valence-electron chi connectivity index (χ4n) is 2.00. The Kier molecular flexibility index (Phi) is 5.18. The first-order valence-electron chi connectivity index (χ1n) is 6.10. The first-order valence-corrected chi connectivity index (χ1v) is 6.10. The number of rotatable bonds is 4. The summed E-state index contributed by atoms with van der Waals surface area (Å²) in [4.78, 5) is 0. The Balaban J connectivity index is 2.56. The first kappa shape index (κ1) is 13.9. The highest BCUT2D eigenvalue weighted by atomic mass is 16.6. The van der Waals surface area contributed by atoms with Crippen LogP contribution in [0.25, 0.3) is 0 Å². The third-order valence-electron chi connectivity index (χ3n) is 3.20. The van der Waals surface area contributed by atoms with Crippen LogP contribution in [0, 0.1) is 5.92 Å². The van der Waals surface area contributed by atoms with Gasteiger partial charge < -0.3 is 19.7 Å². The van der Waals surface area contributed by atoms with Crippen LogP contribution in [0.1, 0.15) is 34.1 Å². The van der Waals surface area contributed by atoms with Crippen LogP contribution in [-0.4, -0.2) is 47.3 Å². The van der Waals surface area contributed by atoms with Gasteiger partial charge in [-0.15, -0.1) is 0 Å². The summed E-state index contributed by atoms with van der Waals surface area (Å²) in [6.45, 7) is 8.23. The highest BCUT2D eigenvalue weighted by Crippen LogP contribution is 2.27. The molecule has 1 saturated heterocycles. The number of ether oxygens (including phenoxy) is 2. The molecule has 4 nitrogen and oxygen atoms in total. The first-order chi connectivity index (χ1) is 7.47. The van der Waals surface area contributed by atoms with Crippen molar-refractivity contribution in [1.29, 1.82) is 0 Å². The van der Waals surface area contributed by atoms with Crippen molar-refractivity contribution in [2.75, 3.05) is 6.61 Å². The van der Waals surface area contributed by atoms with Crippen LogP contribution in [-0.2, 0) is 9.47 Å². The summed E-state index contributed by atoms with van der Waals surface area (Å²) in [5.41, 5.74) is 0. The molecule has 0 amide bonds. The van der Waals surface area contributed by atoms with Gasteiger partial charge in [0.15, 0.2) is 0 Å². The molecule has 1 aliphatic rings. The van der Waals surface area contributed by atoms with Crippen molar-refractivity contribution < 1.29 is 19.7 Å². The fraction of sp³-hybridized carbons (Fsp3) is 1.00. The van der Waals surface area contributed by atoms with Gasteiger partial charge in [0.25, 0.3) is 0 Å². The molecule has 1 aliphatic heterocycles. The minimum atomic E-state index is -0.782. The maximum absolute atomic E-state index is 9.90. The molecule has 1 fully saturated rings. The summed E-state index contributed by atoms with van der Waals surface area (Å²) in [7, 11) is 0. The largest absolute Gasteiger partial charge is 0.390 e. The lowest BCUT2D eigenvalue weighted by Crippen LogP contribution is -2.54. The molecule has 16 heavy (non-hydrogen) atoms. The average molecular weight is 232 g/mol. The van der Waals surface area contributed by atoms with Crippen LogP contribution < -0.4 is 0 Å². The van der Waals surface area contributed by atoms with Gasteiger partial charge in [-0.1, -0.05) is 13.8 Å². The summed E-state index contributed by atoms with van der Waals surface area (Å²) in [5, 5.41) is 19.7. The maximum atomic E-state index is 9.90. The number of hydrogen-bond donors (Lipinski definition) is 2. The van der Waals surface area contributed by atoms with Gasteiger partial charge >= 0.3 is 0 Å². The standard InChI is InChI=1S/C12H24O4/c1-5-9-12(14)11(13)8(4)10(16-9)6-15-7(2)3/h7-14H,5-6H2,1-4H3. The second-order valence-corrected chi connectivity index (χ2v) is 4.84. The normalized spacial score (nSPS) is 40.3. The predicted octanol–water partition coefficient (Wildman–Crippen LogP) is 0.947. The highest BCUT2D eigenvalue weighted by Gasteiger charge is 2.41. The van der Waals surface area contributed by atoms with Crippen molar-refractivity contribution in [3.63, 3.8) is 0 Å². The predicted molar refractivity (Wildman–Crippen MR) is 61.2 cm³/mol. The van der Waals surface area contributed by atoms with E-state index in [1.807, 2.05) is 27.7 Å². The zero-order chi connectivity index (χ0) is 12.3. The van der Waals surface area contributed by atoms with Crippen molar-refractivity contribution in [3.05, 3.63) is 0 Å². The van der Waals surface area contributed by atoms with Gasteiger partial charge in [-0.25, -0.2) is 0 Å². The fourth-order valence-corrected chi connectivity index (χ4v) is 2.00. The number of aliphatic hydroxyl groups excluding tert-OH is 2. The van der Waals surface area contributed by atoms with Crippen LogP contribution >= 0.6 is 0 Å². The van der Waals surface area contributed by atoms with Crippen LogP contribution in [0.4, 0.5) is 0 Å². The molecule has 0 aromatic carbocycles. The minimum Gasteiger partial charge on any atom is -0.390 e. The number of aliphatic hydroxyl groups is 2. The molecular formula is C12H24O4. The SMILES string of the molecule is CCC1OC(COC(C)C)C(C)C(O)C1O. The van der Waals surface area contributed by atoms with Gasteiger partial charge in [0.05, 0.1) is 31.0 Å². The molecule has 5 atom stereocenters. The Morgan fingerprint density at radius 2 is 1.81 bits per heavy atom. The summed E-state index contributed by atoms with van der Waals surface area (Å²) in [6.07, 6.45) is -1.07. The van der Waals surface area contributed by atoms with Crippen LogP contribution in [0.5, 0.6) is 0 Å². The van der Waals surface area contributed by atoms with Crippen LogP contribution in [0.3, 0.4) is 0 Å². The molecule has 4 heteroatoms. The van der Waals surface area contributed by atoms with Crippen molar-refractivity contribution in [2.45, 2.75) is 64.6 Å². The summed E-state index contributed by atoms with van der Waals surface area (Å²) in [5.74, 6) is -0.100. The van der Waals surface area contributed by atoms with E-state index in [0.717, 1.165) is 0 Å². The van der Waals surface area contributed by atoms with Crippen molar-refractivity contribution in [2.24, 2.45) is 5.92 Å². The van der Waals surface area contributed by atoms with E-state index in [4.69, 9.17) is 9.47 Å². The average Bonchev–Trinajstić information content (AvgIpc) is 2.25. The van der Waals surface area contributed by atoms with E-state index in [2.05, 4.69) is 0 Å². The van der Waals surface area contributed by atoms with Gasteiger partial charge in [-0.2, -0.15) is 0 Å². The van der Waals surface area contributed by atoms with Gasteiger partial charge in [0, 0.05) is 5.92 Å². The number of hydrogen-bond acceptors (Lipinski definition) is 4. The van der Waals surface area contributed by atoms with Crippen molar-refractivity contribution in [3.8, 4) is 0 Å². The van der Waals surface area contributed by atoms with Gasteiger partial charge in [-0.05, 0) is 20.3 Å². The summed E-state index contributed by atoms with van der Waals surface area (Å²) < 4.78 is 11.3. The van der Waals surface area contributed by atoms with Crippen LogP contribution in [0.2, 0.25) is 0 Å². The minimum absolute atomic E-state index is 0.100. The lowest BCUT2D eigenvalue weighted by Gasteiger charge is -2.41. The molecule has 96 valence electrons. The van der Waals surface area contributed by atoms with E-state index >= 15 is 0 Å². The van der Waals surface area contributed by atoms with E-state index in [1.165, 1.54) is 0 Å². The molecule has 0 bridgehead atoms. The Morgan fingerprint density at radius 1 is 1.19 bits per heavy atom. The summed E-state index contributed by atoms with van der Waals surface area (Å²) in [6, 6.07) is 0. The zero-order valence-electron chi connectivity index (χ0n) is 10.6. The molecule has 2 N–H and O–H groups in total. The van der Waals surface area contributed by atoms with Gasteiger partial charge in [0.1, 0.15) is 6.10 Å². The Morgan fingerprint density at radius 3 is 2.31 bits per heavy atom. The second kappa shape index (κ2) is 5.96. The zero-order valence-corrected chi connectivity index (χ0v) is 10.6. The molecule has 5 unspecified atom stereocenters. The lowest BCUT2D eigenvalue weighted by atomic mass is 9.87. The smallest absolute Gasteiger partial charge is 0.106 e. The van der Waals surface area contributed by atoms with E-state index in [0.29, 0.717) is 13.0 Å².